The Kier molecular flexibility index (Phi) is 6.06. The van der Waals surface area contributed by atoms with Crippen LogP contribution in [0, 0.1) is 5.92 Å². The van der Waals surface area contributed by atoms with Crippen LogP contribution in [0.5, 0.6) is 0 Å². The van der Waals surface area contributed by atoms with Crippen molar-refractivity contribution in [1.82, 2.24) is 10.2 Å². The summed E-state index contributed by atoms with van der Waals surface area (Å²) in [5.41, 5.74) is 0. The third-order valence-electron chi connectivity index (χ3n) is 4.42. The Balaban J connectivity index is 1.94. The zero-order valence-electron chi connectivity index (χ0n) is 13.4. The zero-order valence-corrected chi connectivity index (χ0v) is 14.2. The van der Waals surface area contributed by atoms with Crippen molar-refractivity contribution in [3.8, 4) is 0 Å². The second kappa shape index (κ2) is 7.58. The van der Waals surface area contributed by atoms with E-state index >= 15 is 0 Å². The Morgan fingerprint density at radius 3 is 2.60 bits per heavy atom. The van der Waals surface area contributed by atoms with Crippen molar-refractivity contribution in [1.29, 1.82) is 0 Å². The first-order valence-electron chi connectivity index (χ1n) is 8.11. The normalized spacial score (nSPS) is 23.2. The van der Waals surface area contributed by atoms with Gasteiger partial charge in [0.25, 0.3) is 0 Å². The first kappa shape index (κ1) is 16.0. The lowest BCUT2D eigenvalue weighted by Crippen LogP contribution is -2.37. The highest BCUT2D eigenvalue weighted by atomic mass is 32.1. The van der Waals surface area contributed by atoms with Crippen LogP contribution >= 0.6 is 11.3 Å². The predicted octanol–water partition coefficient (Wildman–Crippen LogP) is 4.30. The van der Waals surface area contributed by atoms with Crippen LogP contribution in [0.2, 0.25) is 0 Å². The molecule has 1 fully saturated rings. The molecular formula is C17H30N2S. The van der Waals surface area contributed by atoms with Crippen LogP contribution in [-0.4, -0.2) is 30.1 Å². The highest BCUT2D eigenvalue weighted by Gasteiger charge is 2.23. The molecule has 0 aliphatic carbocycles. The van der Waals surface area contributed by atoms with Crippen LogP contribution in [-0.2, 0) is 0 Å². The molecule has 0 saturated carbocycles. The van der Waals surface area contributed by atoms with Crippen LogP contribution < -0.4 is 5.32 Å². The van der Waals surface area contributed by atoms with E-state index in [2.05, 4.69) is 55.4 Å². The quantitative estimate of drug-likeness (QED) is 0.871. The summed E-state index contributed by atoms with van der Waals surface area (Å²) in [4.78, 5) is 4.11. The Bertz CT molecular complexity index is 372. The minimum absolute atomic E-state index is 0.519. The molecule has 2 atom stereocenters. The topological polar surface area (TPSA) is 15.3 Å². The summed E-state index contributed by atoms with van der Waals surface area (Å²) in [6.07, 6.45) is 3.93. The second-order valence-corrected chi connectivity index (χ2v) is 7.64. The second-order valence-electron chi connectivity index (χ2n) is 6.66. The largest absolute Gasteiger partial charge is 0.306 e. The number of rotatable bonds is 5. The monoisotopic (exact) mass is 294 g/mol. The van der Waals surface area contributed by atoms with Gasteiger partial charge in [-0.2, -0.15) is 0 Å². The van der Waals surface area contributed by atoms with E-state index in [1.54, 1.807) is 0 Å². The number of likely N-dealkylation sites (tertiary alicyclic amines) is 1. The van der Waals surface area contributed by atoms with Crippen LogP contribution in [0.25, 0.3) is 0 Å². The highest BCUT2D eigenvalue weighted by Crippen LogP contribution is 2.27. The molecule has 2 nitrogen and oxygen atoms in total. The van der Waals surface area contributed by atoms with Crippen LogP contribution in [0.1, 0.15) is 57.9 Å². The Morgan fingerprint density at radius 1 is 1.20 bits per heavy atom. The number of hydrogen-bond donors (Lipinski definition) is 1. The maximum Gasteiger partial charge on any atom is 0.0440 e. The molecule has 1 aromatic rings. The van der Waals surface area contributed by atoms with Gasteiger partial charge in [0, 0.05) is 23.0 Å². The molecule has 1 aliphatic heterocycles. The van der Waals surface area contributed by atoms with Crippen LogP contribution in [0.3, 0.4) is 0 Å². The molecule has 0 radical (unpaired) electrons. The van der Waals surface area contributed by atoms with E-state index in [0.717, 1.165) is 0 Å². The summed E-state index contributed by atoms with van der Waals surface area (Å²) in [5.74, 6) is 0.651. The van der Waals surface area contributed by atoms with Gasteiger partial charge in [-0.25, -0.2) is 0 Å². The Hall–Kier alpha value is -0.380. The molecule has 114 valence electrons. The molecule has 1 N–H and O–H groups in total. The van der Waals surface area contributed by atoms with Gasteiger partial charge in [0.1, 0.15) is 0 Å². The van der Waals surface area contributed by atoms with Crippen molar-refractivity contribution < 1.29 is 0 Å². The highest BCUT2D eigenvalue weighted by molar-refractivity contribution is 7.10. The van der Waals surface area contributed by atoms with Crippen molar-refractivity contribution in [3.05, 3.63) is 22.4 Å². The molecule has 1 aliphatic rings. The molecule has 2 unspecified atom stereocenters. The van der Waals surface area contributed by atoms with Gasteiger partial charge in [-0.15, -0.1) is 11.3 Å². The molecule has 0 bridgehead atoms. The number of nitrogens with zero attached hydrogens (tertiary/aromatic N) is 1. The van der Waals surface area contributed by atoms with E-state index in [9.17, 15) is 0 Å². The third-order valence-corrected chi connectivity index (χ3v) is 5.38. The molecule has 2 heterocycles. The third kappa shape index (κ3) is 4.31. The van der Waals surface area contributed by atoms with Crippen molar-refractivity contribution in [2.75, 3.05) is 13.1 Å². The van der Waals surface area contributed by atoms with Crippen molar-refractivity contribution in [2.24, 2.45) is 5.92 Å². The lowest BCUT2D eigenvalue weighted by Gasteiger charge is -2.28. The maximum atomic E-state index is 3.94. The van der Waals surface area contributed by atoms with Gasteiger partial charge in [0.05, 0.1) is 0 Å². The Labute approximate surface area is 128 Å². The first-order chi connectivity index (χ1) is 9.58. The molecule has 1 saturated heterocycles. The minimum Gasteiger partial charge on any atom is -0.306 e. The van der Waals surface area contributed by atoms with Gasteiger partial charge in [-0.3, -0.25) is 0 Å². The Morgan fingerprint density at radius 2 is 2.00 bits per heavy atom. The summed E-state index contributed by atoms with van der Waals surface area (Å²) in [7, 11) is 0. The zero-order chi connectivity index (χ0) is 14.5. The summed E-state index contributed by atoms with van der Waals surface area (Å²) in [5, 5.41) is 6.14. The smallest absolute Gasteiger partial charge is 0.0440 e. The van der Waals surface area contributed by atoms with E-state index in [-0.39, 0.29) is 0 Å². The van der Waals surface area contributed by atoms with Gasteiger partial charge in [0.2, 0.25) is 0 Å². The van der Waals surface area contributed by atoms with Gasteiger partial charge in [-0.05, 0) is 63.6 Å². The summed E-state index contributed by atoms with van der Waals surface area (Å²) < 4.78 is 0. The lowest BCUT2D eigenvalue weighted by molar-refractivity contribution is 0.227. The molecule has 0 amide bonds. The molecule has 20 heavy (non-hydrogen) atoms. The fourth-order valence-corrected chi connectivity index (χ4v) is 4.09. The minimum atomic E-state index is 0.519. The van der Waals surface area contributed by atoms with Crippen molar-refractivity contribution in [2.45, 2.75) is 65.1 Å². The molecule has 1 aromatic heterocycles. The number of nitrogens with one attached hydrogen (secondary N) is 1. The van der Waals surface area contributed by atoms with E-state index in [1.807, 2.05) is 11.3 Å². The number of thiophene rings is 1. The molecule has 2 rings (SSSR count). The van der Waals surface area contributed by atoms with Gasteiger partial charge in [0.15, 0.2) is 0 Å². The fourth-order valence-electron chi connectivity index (χ4n) is 3.13. The van der Waals surface area contributed by atoms with Crippen LogP contribution in [0.15, 0.2) is 17.5 Å². The molecule has 0 spiro atoms. The summed E-state index contributed by atoms with van der Waals surface area (Å²) in [6, 6.07) is 6.33. The number of hydrogen-bond acceptors (Lipinski definition) is 3. The van der Waals surface area contributed by atoms with Crippen molar-refractivity contribution in [3.63, 3.8) is 0 Å². The standard InChI is InChI=1S/C17H30N2S/c1-13(2)17(16-8-6-12-20-16)18-15-7-5-10-19(11-9-15)14(3)4/h6,8,12-15,17-18H,5,7,9-11H2,1-4H3. The van der Waals surface area contributed by atoms with Crippen molar-refractivity contribution >= 4 is 11.3 Å². The van der Waals surface area contributed by atoms with Gasteiger partial charge >= 0.3 is 0 Å². The van der Waals surface area contributed by atoms with Crippen LogP contribution in [0.4, 0.5) is 0 Å². The fraction of sp³-hybridized carbons (Fsp3) is 0.765. The van der Waals surface area contributed by atoms with E-state index in [0.29, 0.717) is 24.0 Å². The van der Waals surface area contributed by atoms with E-state index in [4.69, 9.17) is 0 Å². The summed E-state index contributed by atoms with van der Waals surface area (Å²) >= 11 is 1.89. The molecular weight excluding hydrogens is 264 g/mol. The molecule has 0 aromatic carbocycles. The van der Waals surface area contributed by atoms with Gasteiger partial charge < -0.3 is 10.2 Å². The SMILES string of the molecule is CC(C)C(NC1CCCN(C(C)C)CC1)c1cccs1. The van der Waals surface area contributed by atoms with Gasteiger partial charge in [-0.1, -0.05) is 19.9 Å². The molecule has 3 heteroatoms. The van der Waals surface area contributed by atoms with E-state index < -0.39 is 0 Å². The lowest BCUT2D eigenvalue weighted by atomic mass is 9.99. The average molecular weight is 295 g/mol. The first-order valence-corrected chi connectivity index (χ1v) is 8.99. The summed E-state index contributed by atoms with van der Waals surface area (Å²) in [6.45, 7) is 11.8. The van der Waals surface area contributed by atoms with E-state index in [1.165, 1.54) is 37.2 Å². The predicted molar refractivity (Wildman–Crippen MR) is 89.4 cm³/mol. The maximum absolute atomic E-state index is 3.94. The average Bonchev–Trinajstić information content (AvgIpc) is 2.81.